The van der Waals surface area contributed by atoms with Crippen molar-refractivity contribution in [1.29, 1.82) is 0 Å². The minimum absolute atomic E-state index is 0.192. The lowest BCUT2D eigenvalue weighted by molar-refractivity contribution is -0.134. The van der Waals surface area contributed by atoms with Gasteiger partial charge in [-0.25, -0.2) is 0 Å². The molecule has 0 aliphatic carbocycles. The zero-order valence-corrected chi connectivity index (χ0v) is 21.9. The van der Waals surface area contributed by atoms with Crippen LogP contribution in [0.5, 0.6) is 11.5 Å². The molecule has 0 bridgehead atoms. The molecule has 2 aliphatic rings. The summed E-state index contributed by atoms with van der Waals surface area (Å²) >= 11 is 0. The minimum Gasteiger partial charge on any atom is -0.459 e. The van der Waals surface area contributed by atoms with Crippen LogP contribution in [0.3, 0.4) is 0 Å². The van der Waals surface area contributed by atoms with Crippen molar-refractivity contribution >= 4 is 45.1 Å². The summed E-state index contributed by atoms with van der Waals surface area (Å²) in [6.45, 7) is 4.77. The van der Waals surface area contributed by atoms with Crippen molar-refractivity contribution < 1.29 is 14.3 Å². The number of fused-ring (bicyclic) bond motifs is 5. The van der Waals surface area contributed by atoms with Gasteiger partial charge in [-0.15, -0.1) is 0 Å². The van der Waals surface area contributed by atoms with E-state index in [1.54, 1.807) is 0 Å². The highest BCUT2D eigenvalue weighted by molar-refractivity contribution is 6.00. The van der Waals surface area contributed by atoms with E-state index in [1.807, 2.05) is 79.0 Å². The highest BCUT2D eigenvalue weighted by Crippen LogP contribution is 2.54. The number of aliphatic imine (C=N–C) groups is 1. The van der Waals surface area contributed by atoms with E-state index in [2.05, 4.69) is 49.1 Å². The number of esters is 1. The Morgan fingerprint density at radius 2 is 1.51 bits per heavy atom. The Morgan fingerprint density at radius 1 is 0.821 bits per heavy atom. The number of carbonyl (C=O) groups excluding carboxylic acids is 1. The number of benzene rings is 5. The number of hydrogen-bond acceptors (Lipinski definition) is 5. The van der Waals surface area contributed by atoms with E-state index < -0.39 is 11.1 Å². The average molecular weight is 513 g/mol. The van der Waals surface area contributed by atoms with Crippen molar-refractivity contribution in [3.05, 3.63) is 109 Å². The predicted octanol–water partition coefficient (Wildman–Crippen LogP) is 7.58. The normalized spacial score (nSPS) is 18.7. The molecule has 5 aromatic rings. The molecule has 0 fully saturated rings. The smallest absolute Gasteiger partial charge is 0.313 e. The van der Waals surface area contributed by atoms with Crippen LogP contribution < -0.4 is 14.4 Å². The van der Waals surface area contributed by atoms with Crippen LogP contribution in [0, 0.1) is 0 Å². The molecule has 0 radical (unpaired) electrons. The second-order valence-electron chi connectivity index (χ2n) is 10.7. The molecule has 0 saturated carbocycles. The van der Waals surface area contributed by atoms with Gasteiger partial charge in [0.25, 0.3) is 0 Å². The third-order valence-electron chi connectivity index (χ3n) is 8.18. The Hall–Kier alpha value is -4.64. The standard InChI is InChI=1S/C34H28N2O3/c1-33(2)27-15-7-8-16-28(27)36(21-20-31(37)38-29-17-9-12-23-10-3-5-13-25(23)29)34(33)22-35-32-26-14-6-4-11-24(26)18-19-30(32)39-34/h3-19,22H,20-21H2,1-2H3. The van der Waals surface area contributed by atoms with Crippen molar-refractivity contribution in [3.8, 4) is 11.5 Å². The number of hydrogen-bond donors (Lipinski definition) is 0. The monoisotopic (exact) mass is 512 g/mol. The summed E-state index contributed by atoms with van der Waals surface area (Å²) in [5.74, 6) is 1.02. The van der Waals surface area contributed by atoms with Gasteiger partial charge in [0.05, 0.1) is 18.1 Å². The molecule has 1 unspecified atom stereocenters. The summed E-state index contributed by atoms with van der Waals surface area (Å²) in [5, 5.41) is 4.13. The fourth-order valence-corrected chi connectivity index (χ4v) is 6.11. The highest BCUT2D eigenvalue weighted by atomic mass is 16.5. The Balaban J connectivity index is 1.23. The molecule has 1 spiro atoms. The molecule has 192 valence electrons. The predicted molar refractivity (Wildman–Crippen MR) is 156 cm³/mol. The molecule has 7 rings (SSSR count). The van der Waals surface area contributed by atoms with E-state index in [4.69, 9.17) is 14.5 Å². The van der Waals surface area contributed by atoms with Crippen molar-refractivity contribution in [3.63, 3.8) is 0 Å². The third-order valence-corrected chi connectivity index (χ3v) is 8.18. The van der Waals surface area contributed by atoms with E-state index in [-0.39, 0.29) is 12.4 Å². The maximum absolute atomic E-state index is 13.2. The van der Waals surface area contributed by atoms with E-state index in [0.717, 1.165) is 44.2 Å². The number of rotatable bonds is 4. The van der Waals surface area contributed by atoms with Crippen molar-refractivity contribution in [1.82, 2.24) is 0 Å². The molecule has 0 saturated heterocycles. The zero-order valence-electron chi connectivity index (χ0n) is 21.9. The summed E-state index contributed by atoms with van der Waals surface area (Å²) < 4.78 is 12.8. The Labute approximate surface area is 227 Å². The Kier molecular flexibility index (Phi) is 5.24. The van der Waals surface area contributed by atoms with Crippen molar-refractivity contribution in [2.24, 2.45) is 4.99 Å². The van der Waals surface area contributed by atoms with Gasteiger partial charge in [0.1, 0.15) is 17.2 Å². The topological polar surface area (TPSA) is 51.1 Å². The molecular weight excluding hydrogens is 484 g/mol. The minimum atomic E-state index is -0.897. The van der Waals surface area contributed by atoms with E-state index >= 15 is 0 Å². The average Bonchev–Trinajstić information content (AvgIpc) is 3.14. The van der Waals surface area contributed by atoms with Crippen LogP contribution in [-0.2, 0) is 10.2 Å². The van der Waals surface area contributed by atoms with Crippen LogP contribution in [0.25, 0.3) is 21.5 Å². The second-order valence-corrected chi connectivity index (χ2v) is 10.7. The first-order valence-corrected chi connectivity index (χ1v) is 13.3. The quantitative estimate of drug-likeness (QED) is 0.184. The maximum Gasteiger partial charge on any atom is 0.313 e. The molecule has 5 aromatic carbocycles. The maximum atomic E-state index is 13.2. The fraction of sp³-hybridized carbons (Fsp3) is 0.176. The largest absolute Gasteiger partial charge is 0.459 e. The van der Waals surface area contributed by atoms with Crippen molar-refractivity contribution in [2.45, 2.75) is 31.4 Å². The lowest BCUT2D eigenvalue weighted by Crippen LogP contribution is -2.62. The third kappa shape index (κ3) is 3.53. The van der Waals surface area contributed by atoms with E-state index in [9.17, 15) is 4.79 Å². The molecule has 5 heteroatoms. The molecule has 2 heterocycles. The van der Waals surface area contributed by atoms with Gasteiger partial charge in [0.15, 0.2) is 0 Å². The summed E-state index contributed by atoms with van der Waals surface area (Å²) in [7, 11) is 0. The van der Waals surface area contributed by atoms with Crippen LogP contribution in [0.4, 0.5) is 11.4 Å². The van der Waals surface area contributed by atoms with Crippen LogP contribution >= 0.6 is 0 Å². The Morgan fingerprint density at radius 3 is 2.36 bits per heavy atom. The lowest BCUT2D eigenvalue weighted by Gasteiger charge is -2.46. The summed E-state index contributed by atoms with van der Waals surface area (Å²) in [5.41, 5.74) is 1.70. The van der Waals surface area contributed by atoms with Crippen LogP contribution in [0.2, 0.25) is 0 Å². The fourth-order valence-electron chi connectivity index (χ4n) is 6.11. The van der Waals surface area contributed by atoms with Gasteiger partial charge in [0.2, 0.25) is 5.72 Å². The number of para-hydroxylation sites is 1. The van der Waals surface area contributed by atoms with Gasteiger partial charge in [-0.1, -0.05) is 84.9 Å². The van der Waals surface area contributed by atoms with E-state index in [1.165, 1.54) is 0 Å². The molecule has 39 heavy (non-hydrogen) atoms. The van der Waals surface area contributed by atoms with Crippen LogP contribution in [0.1, 0.15) is 25.8 Å². The first-order chi connectivity index (χ1) is 19.0. The number of nitrogens with zero attached hydrogens (tertiary/aromatic N) is 2. The molecule has 0 N–H and O–H groups in total. The van der Waals surface area contributed by atoms with Gasteiger partial charge in [-0.05, 0) is 48.4 Å². The molecule has 2 aliphatic heterocycles. The van der Waals surface area contributed by atoms with Gasteiger partial charge >= 0.3 is 5.97 Å². The molecular formula is C34H28N2O3. The second kappa shape index (κ2) is 8.70. The lowest BCUT2D eigenvalue weighted by atomic mass is 9.77. The number of carbonyl (C=O) groups is 1. The zero-order chi connectivity index (χ0) is 26.6. The molecule has 1 atom stereocenters. The first-order valence-electron chi connectivity index (χ1n) is 13.3. The van der Waals surface area contributed by atoms with Gasteiger partial charge < -0.3 is 14.4 Å². The van der Waals surface area contributed by atoms with Crippen molar-refractivity contribution in [2.75, 3.05) is 11.4 Å². The summed E-state index contributed by atoms with van der Waals surface area (Å²) in [6.07, 6.45) is 2.12. The number of anilines is 1. The van der Waals surface area contributed by atoms with Gasteiger partial charge in [-0.3, -0.25) is 9.79 Å². The Bertz CT molecular complexity index is 1790. The SMILES string of the molecule is CC1(C)c2ccccc2N(CCC(=O)Oc2cccc3ccccc23)C12C=Nc1c(ccc3ccccc13)O2. The summed E-state index contributed by atoms with van der Waals surface area (Å²) in [4.78, 5) is 20.4. The molecule has 0 aromatic heterocycles. The van der Waals surface area contributed by atoms with Crippen LogP contribution in [-0.4, -0.2) is 24.5 Å². The van der Waals surface area contributed by atoms with Gasteiger partial charge in [0, 0.05) is 23.0 Å². The number of ether oxygens (including phenoxy) is 2. The molecule has 0 amide bonds. The molecule has 5 nitrogen and oxygen atoms in total. The summed E-state index contributed by atoms with van der Waals surface area (Å²) in [6, 6.07) is 34.3. The first kappa shape index (κ1) is 23.5. The van der Waals surface area contributed by atoms with E-state index in [0.29, 0.717) is 12.3 Å². The van der Waals surface area contributed by atoms with Gasteiger partial charge in [-0.2, -0.15) is 0 Å². The van der Waals surface area contributed by atoms with Crippen LogP contribution in [0.15, 0.2) is 108 Å². The highest BCUT2D eigenvalue weighted by Gasteiger charge is 2.59.